The number of ether oxygens (including phenoxy) is 1. The van der Waals surface area contributed by atoms with Crippen molar-refractivity contribution in [3.8, 4) is 0 Å². The van der Waals surface area contributed by atoms with Gasteiger partial charge in [-0.2, -0.15) is 0 Å². The van der Waals surface area contributed by atoms with E-state index in [2.05, 4.69) is 25.0 Å². The van der Waals surface area contributed by atoms with Crippen LogP contribution < -0.4 is 0 Å². The molecule has 1 aromatic carbocycles. The Balaban J connectivity index is 2.20. The number of morpholine rings is 1. The number of Topliss-reactive ketones (excluding diaryl/α,β-unsaturated/α-hetero) is 1. The van der Waals surface area contributed by atoms with Gasteiger partial charge in [0.05, 0.1) is 18.8 Å². The van der Waals surface area contributed by atoms with E-state index in [0.29, 0.717) is 0 Å². The Hall–Kier alpha value is -0.840. The number of rotatable bonds is 8. The highest BCUT2D eigenvalue weighted by atomic mass is 32.2. The molecular weight excluding hydrogens is 306 g/mol. The molecule has 0 aliphatic carbocycles. The Labute approximate surface area is 144 Å². The number of benzene rings is 1. The number of carbonyl (C=O) groups excluding carboxylic acids is 1. The molecule has 1 heterocycles. The van der Waals surface area contributed by atoms with Gasteiger partial charge in [-0.3, -0.25) is 9.69 Å². The summed E-state index contributed by atoms with van der Waals surface area (Å²) in [4.78, 5) is 16.8. The van der Waals surface area contributed by atoms with Crippen LogP contribution in [0.4, 0.5) is 0 Å². The summed E-state index contributed by atoms with van der Waals surface area (Å²) in [6, 6.07) is 8.05. The minimum absolute atomic E-state index is 0.253. The Kier molecular flexibility index (Phi) is 7.12. The van der Waals surface area contributed by atoms with E-state index >= 15 is 0 Å². The van der Waals surface area contributed by atoms with E-state index < -0.39 is 5.54 Å². The maximum absolute atomic E-state index is 13.3. The van der Waals surface area contributed by atoms with Crippen LogP contribution in [-0.4, -0.2) is 48.8 Å². The fraction of sp³-hybridized carbons (Fsp3) is 0.632. The van der Waals surface area contributed by atoms with Gasteiger partial charge in [-0.05, 0) is 31.7 Å². The number of hydrogen-bond acceptors (Lipinski definition) is 4. The van der Waals surface area contributed by atoms with Gasteiger partial charge in [0.25, 0.3) is 0 Å². The van der Waals surface area contributed by atoms with Crippen molar-refractivity contribution in [2.24, 2.45) is 0 Å². The first-order chi connectivity index (χ1) is 11.1. The molecule has 0 aromatic heterocycles. The van der Waals surface area contributed by atoms with E-state index in [4.69, 9.17) is 4.74 Å². The lowest BCUT2D eigenvalue weighted by atomic mass is 9.84. The van der Waals surface area contributed by atoms with Crippen LogP contribution in [0.3, 0.4) is 0 Å². The number of thioether (sulfide) groups is 1. The number of hydrogen-bond donors (Lipinski definition) is 0. The van der Waals surface area contributed by atoms with E-state index in [0.717, 1.165) is 44.7 Å². The van der Waals surface area contributed by atoms with Gasteiger partial charge < -0.3 is 4.74 Å². The van der Waals surface area contributed by atoms with Crippen molar-refractivity contribution in [3.63, 3.8) is 0 Å². The monoisotopic (exact) mass is 335 g/mol. The fourth-order valence-corrected chi connectivity index (χ4v) is 3.65. The van der Waals surface area contributed by atoms with Crippen molar-refractivity contribution >= 4 is 17.5 Å². The molecule has 128 valence electrons. The highest BCUT2D eigenvalue weighted by molar-refractivity contribution is 7.98. The van der Waals surface area contributed by atoms with E-state index in [9.17, 15) is 4.79 Å². The van der Waals surface area contributed by atoms with Crippen LogP contribution in [0.2, 0.25) is 0 Å². The maximum atomic E-state index is 13.3. The molecule has 0 saturated carbocycles. The van der Waals surface area contributed by atoms with Gasteiger partial charge in [0.15, 0.2) is 5.78 Å². The molecule has 1 atom stereocenters. The quantitative estimate of drug-likeness (QED) is 0.403. The van der Waals surface area contributed by atoms with Gasteiger partial charge in [-0.15, -0.1) is 11.8 Å². The summed E-state index contributed by atoms with van der Waals surface area (Å²) in [5, 5.41) is 0. The van der Waals surface area contributed by atoms with E-state index in [1.54, 1.807) is 11.8 Å². The standard InChI is InChI=1S/C19H29NO2S/c1-4-5-6-11-19(2,20-12-14-22-15-13-20)18(21)16-7-9-17(23-3)10-8-16/h7-10H,4-6,11-15H2,1-3H3. The van der Waals surface area contributed by atoms with Gasteiger partial charge in [0.1, 0.15) is 0 Å². The Morgan fingerprint density at radius 3 is 2.43 bits per heavy atom. The zero-order valence-corrected chi connectivity index (χ0v) is 15.5. The van der Waals surface area contributed by atoms with Crippen LogP contribution in [0.15, 0.2) is 29.2 Å². The minimum atomic E-state index is -0.417. The molecule has 0 N–H and O–H groups in total. The van der Waals surface area contributed by atoms with Gasteiger partial charge in [-0.25, -0.2) is 0 Å². The second-order valence-electron chi connectivity index (χ2n) is 6.39. The second kappa shape index (κ2) is 8.86. The minimum Gasteiger partial charge on any atom is -0.379 e. The second-order valence-corrected chi connectivity index (χ2v) is 7.27. The third-order valence-electron chi connectivity index (χ3n) is 4.82. The molecule has 0 radical (unpaired) electrons. The maximum Gasteiger partial charge on any atom is 0.182 e. The first-order valence-corrected chi connectivity index (χ1v) is 9.86. The van der Waals surface area contributed by atoms with Gasteiger partial charge in [0, 0.05) is 23.5 Å². The predicted molar refractivity (Wildman–Crippen MR) is 97.5 cm³/mol. The lowest BCUT2D eigenvalue weighted by Gasteiger charge is -2.42. The highest BCUT2D eigenvalue weighted by Crippen LogP contribution is 2.29. The smallest absolute Gasteiger partial charge is 0.182 e. The van der Waals surface area contributed by atoms with Crippen LogP contribution in [0.1, 0.15) is 49.9 Å². The molecular formula is C19H29NO2S. The molecule has 23 heavy (non-hydrogen) atoms. The van der Waals surface area contributed by atoms with Crippen LogP contribution in [0.25, 0.3) is 0 Å². The number of unbranched alkanes of at least 4 members (excludes halogenated alkanes) is 2. The molecule has 1 aliphatic heterocycles. The first-order valence-electron chi connectivity index (χ1n) is 8.63. The number of nitrogens with zero attached hydrogens (tertiary/aromatic N) is 1. The third-order valence-corrected chi connectivity index (χ3v) is 5.56. The number of carbonyl (C=O) groups is 1. The average Bonchev–Trinajstić information content (AvgIpc) is 2.62. The largest absolute Gasteiger partial charge is 0.379 e. The molecule has 1 aromatic rings. The summed E-state index contributed by atoms with van der Waals surface area (Å²) in [5.41, 5.74) is 0.410. The van der Waals surface area contributed by atoms with E-state index in [-0.39, 0.29) is 5.78 Å². The van der Waals surface area contributed by atoms with E-state index in [1.165, 1.54) is 17.7 Å². The summed E-state index contributed by atoms with van der Waals surface area (Å²) in [5.74, 6) is 0.253. The SMILES string of the molecule is CCCCCC(C)(C(=O)c1ccc(SC)cc1)N1CCOCC1. The molecule has 3 nitrogen and oxygen atoms in total. The van der Waals surface area contributed by atoms with Crippen LogP contribution in [0, 0.1) is 0 Å². The molecule has 1 aliphatic rings. The van der Waals surface area contributed by atoms with Crippen LogP contribution in [-0.2, 0) is 4.74 Å². The van der Waals surface area contributed by atoms with Crippen molar-refractivity contribution in [3.05, 3.63) is 29.8 Å². The van der Waals surface area contributed by atoms with Crippen LogP contribution >= 0.6 is 11.8 Å². The van der Waals surface area contributed by atoms with Gasteiger partial charge in [0.2, 0.25) is 0 Å². The van der Waals surface area contributed by atoms with Crippen molar-refractivity contribution in [1.82, 2.24) is 4.90 Å². The van der Waals surface area contributed by atoms with E-state index in [1.807, 2.05) is 24.3 Å². The van der Waals surface area contributed by atoms with Crippen molar-refractivity contribution < 1.29 is 9.53 Å². The zero-order chi connectivity index (χ0) is 16.7. The molecule has 0 bridgehead atoms. The topological polar surface area (TPSA) is 29.5 Å². The van der Waals surface area contributed by atoms with Crippen LogP contribution in [0.5, 0.6) is 0 Å². The third kappa shape index (κ3) is 4.59. The highest BCUT2D eigenvalue weighted by Gasteiger charge is 2.39. The van der Waals surface area contributed by atoms with Crippen molar-refractivity contribution in [2.75, 3.05) is 32.6 Å². The lowest BCUT2D eigenvalue weighted by molar-refractivity contribution is -0.0126. The molecule has 1 saturated heterocycles. The number of ketones is 1. The molecule has 0 amide bonds. The molecule has 0 spiro atoms. The predicted octanol–water partition coefficient (Wildman–Crippen LogP) is 4.26. The fourth-order valence-electron chi connectivity index (χ4n) is 3.24. The Morgan fingerprint density at radius 1 is 1.22 bits per heavy atom. The Morgan fingerprint density at radius 2 is 1.87 bits per heavy atom. The summed E-state index contributed by atoms with van der Waals surface area (Å²) in [6.45, 7) is 7.46. The molecule has 2 rings (SSSR count). The summed E-state index contributed by atoms with van der Waals surface area (Å²) < 4.78 is 5.48. The lowest BCUT2D eigenvalue weighted by Crippen LogP contribution is -2.56. The zero-order valence-electron chi connectivity index (χ0n) is 14.6. The van der Waals surface area contributed by atoms with Gasteiger partial charge >= 0.3 is 0 Å². The van der Waals surface area contributed by atoms with Gasteiger partial charge in [-0.1, -0.05) is 38.3 Å². The normalized spacial score (nSPS) is 18.6. The molecule has 4 heteroatoms. The average molecular weight is 336 g/mol. The molecule has 1 unspecified atom stereocenters. The van der Waals surface area contributed by atoms with Crippen molar-refractivity contribution in [1.29, 1.82) is 0 Å². The Bertz CT molecular complexity index is 497. The summed E-state index contributed by atoms with van der Waals surface area (Å²) in [6.07, 6.45) is 6.43. The molecule has 1 fully saturated rings. The van der Waals surface area contributed by atoms with Crippen molar-refractivity contribution in [2.45, 2.75) is 50.0 Å². The summed E-state index contributed by atoms with van der Waals surface area (Å²) in [7, 11) is 0. The first kappa shape index (κ1) is 18.5. The summed E-state index contributed by atoms with van der Waals surface area (Å²) >= 11 is 1.70.